The molecule has 0 saturated heterocycles. The van der Waals surface area contributed by atoms with E-state index in [4.69, 9.17) is 17.0 Å². The minimum atomic E-state index is -0.958. The van der Waals surface area contributed by atoms with Crippen LogP contribution in [0.1, 0.15) is 17.3 Å². The number of aromatic amines is 1. The van der Waals surface area contributed by atoms with Crippen LogP contribution in [0.2, 0.25) is 0 Å². The summed E-state index contributed by atoms with van der Waals surface area (Å²) in [6.07, 6.45) is 0. The smallest absolute Gasteiger partial charge is 0.338 e. The molecule has 3 aromatic rings. The number of pyridine rings is 1. The van der Waals surface area contributed by atoms with E-state index in [-0.39, 0.29) is 5.56 Å². The maximum atomic E-state index is 11.3. The molecule has 0 atom stereocenters. The van der Waals surface area contributed by atoms with Gasteiger partial charge in [0.15, 0.2) is 0 Å². The van der Waals surface area contributed by atoms with Crippen molar-refractivity contribution in [1.82, 2.24) is 4.98 Å². The van der Waals surface area contributed by atoms with E-state index in [2.05, 4.69) is 4.98 Å². The number of thiophene rings is 1. The molecule has 0 aliphatic heterocycles. The van der Waals surface area contributed by atoms with Gasteiger partial charge in [0.2, 0.25) is 0 Å². The predicted octanol–water partition coefficient (Wildman–Crippen LogP) is 4.72. The van der Waals surface area contributed by atoms with Crippen molar-refractivity contribution < 1.29 is 14.6 Å². The van der Waals surface area contributed by atoms with Gasteiger partial charge in [-0.25, -0.2) is 4.79 Å². The number of aromatic carboxylic acids is 1. The number of rotatable bonds is 4. The quantitative estimate of drug-likeness (QED) is 0.679. The van der Waals surface area contributed by atoms with Crippen LogP contribution in [0.4, 0.5) is 0 Å². The van der Waals surface area contributed by atoms with Crippen molar-refractivity contribution in [2.45, 2.75) is 6.92 Å². The Hall–Kier alpha value is -2.18. The standard InChI is InChI=1S/C16H13NO3S2/c1-2-20-10-5-3-9(4-6-10)12-7-13(21)15-14(17-12)11(8-22-15)16(18)19/h3-8H,2H2,1H3,(H,17,21)(H,18,19). The molecular weight excluding hydrogens is 318 g/mol. The van der Waals surface area contributed by atoms with Gasteiger partial charge in [0.05, 0.1) is 26.9 Å². The van der Waals surface area contributed by atoms with Crippen LogP contribution in [0.25, 0.3) is 21.5 Å². The normalized spacial score (nSPS) is 10.8. The molecular formula is C16H13NO3S2. The Labute approximate surface area is 136 Å². The zero-order valence-corrected chi connectivity index (χ0v) is 13.4. The molecule has 0 amide bonds. The number of ether oxygens (including phenoxy) is 1. The molecule has 112 valence electrons. The van der Waals surface area contributed by atoms with Gasteiger partial charge in [-0.3, -0.25) is 0 Å². The van der Waals surface area contributed by atoms with E-state index in [0.717, 1.165) is 21.7 Å². The summed E-state index contributed by atoms with van der Waals surface area (Å²) >= 11 is 6.73. The molecule has 3 rings (SSSR count). The predicted molar refractivity (Wildman–Crippen MR) is 90.6 cm³/mol. The van der Waals surface area contributed by atoms with E-state index < -0.39 is 5.97 Å². The van der Waals surface area contributed by atoms with Gasteiger partial charge < -0.3 is 14.8 Å². The summed E-state index contributed by atoms with van der Waals surface area (Å²) in [5, 5.41) is 10.9. The number of aromatic nitrogens is 1. The Bertz CT molecular complexity index is 894. The number of hydrogen-bond acceptors (Lipinski definition) is 4. The first-order valence-corrected chi connectivity index (χ1v) is 8.00. The first kappa shape index (κ1) is 14.7. The lowest BCUT2D eigenvalue weighted by atomic mass is 10.1. The topological polar surface area (TPSA) is 62.3 Å². The second-order valence-electron chi connectivity index (χ2n) is 4.66. The first-order chi connectivity index (χ1) is 10.6. The summed E-state index contributed by atoms with van der Waals surface area (Å²) in [6.45, 7) is 2.55. The van der Waals surface area contributed by atoms with E-state index in [1.165, 1.54) is 11.3 Å². The van der Waals surface area contributed by atoms with Gasteiger partial charge in [-0.05, 0) is 42.8 Å². The lowest BCUT2D eigenvalue weighted by Crippen LogP contribution is -1.96. The van der Waals surface area contributed by atoms with Crippen molar-refractivity contribution in [2.24, 2.45) is 0 Å². The molecule has 0 bridgehead atoms. The van der Waals surface area contributed by atoms with Gasteiger partial charge in [0.25, 0.3) is 0 Å². The van der Waals surface area contributed by atoms with Gasteiger partial charge in [0.1, 0.15) is 5.75 Å². The minimum Gasteiger partial charge on any atom is -0.494 e. The van der Waals surface area contributed by atoms with Crippen molar-refractivity contribution in [3.05, 3.63) is 45.8 Å². The molecule has 0 aliphatic carbocycles. The second-order valence-corrected chi connectivity index (χ2v) is 5.98. The highest BCUT2D eigenvalue weighted by molar-refractivity contribution is 7.72. The Balaban J connectivity index is 2.12. The average Bonchev–Trinajstić information content (AvgIpc) is 2.93. The SMILES string of the molecule is CCOc1ccc(-c2cc(=S)c3scc(C(=O)O)c3[nH]2)cc1. The van der Waals surface area contributed by atoms with Crippen LogP contribution in [0.5, 0.6) is 5.75 Å². The third kappa shape index (κ3) is 2.63. The van der Waals surface area contributed by atoms with Crippen molar-refractivity contribution in [2.75, 3.05) is 6.61 Å². The summed E-state index contributed by atoms with van der Waals surface area (Å²) < 4.78 is 6.86. The highest BCUT2D eigenvalue weighted by Crippen LogP contribution is 2.30. The third-order valence-corrected chi connectivity index (χ3v) is 4.72. The van der Waals surface area contributed by atoms with Crippen molar-refractivity contribution in [3.8, 4) is 17.0 Å². The average molecular weight is 331 g/mol. The maximum Gasteiger partial charge on any atom is 0.338 e. The molecule has 0 saturated carbocycles. The van der Waals surface area contributed by atoms with Crippen molar-refractivity contribution in [3.63, 3.8) is 0 Å². The highest BCUT2D eigenvalue weighted by atomic mass is 32.1. The lowest BCUT2D eigenvalue weighted by molar-refractivity contribution is 0.0699. The summed E-state index contributed by atoms with van der Waals surface area (Å²) in [4.78, 5) is 14.5. The number of hydrogen-bond donors (Lipinski definition) is 2. The summed E-state index contributed by atoms with van der Waals surface area (Å²) in [6, 6.07) is 9.46. The monoisotopic (exact) mass is 331 g/mol. The van der Waals surface area contributed by atoms with Gasteiger partial charge in [-0.2, -0.15) is 0 Å². The first-order valence-electron chi connectivity index (χ1n) is 6.71. The molecule has 4 nitrogen and oxygen atoms in total. The number of fused-ring (bicyclic) bond motifs is 1. The van der Waals surface area contributed by atoms with Crippen LogP contribution in [-0.4, -0.2) is 22.7 Å². The third-order valence-electron chi connectivity index (χ3n) is 3.26. The van der Waals surface area contributed by atoms with E-state index in [9.17, 15) is 9.90 Å². The van der Waals surface area contributed by atoms with E-state index >= 15 is 0 Å². The number of carbonyl (C=O) groups is 1. The van der Waals surface area contributed by atoms with Gasteiger partial charge in [0, 0.05) is 11.1 Å². The minimum absolute atomic E-state index is 0.249. The summed E-state index contributed by atoms with van der Waals surface area (Å²) in [5.74, 6) is -0.159. The molecule has 0 radical (unpaired) electrons. The van der Waals surface area contributed by atoms with Gasteiger partial charge in [-0.1, -0.05) is 12.2 Å². The Kier molecular flexibility index (Phi) is 3.96. The van der Waals surface area contributed by atoms with Crippen LogP contribution in [-0.2, 0) is 0 Å². The molecule has 0 fully saturated rings. The second kappa shape index (κ2) is 5.90. The number of nitrogens with one attached hydrogen (secondary N) is 1. The fraction of sp³-hybridized carbons (Fsp3) is 0.125. The summed E-state index contributed by atoms with van der Waals surface area (Å²) in [7, 11) is 0. The molecule has 2 aromatic heterocycles. The Morgan fingerprint density at radius 3 is 2.73 bits per heavy atom. The largest absolute Gasteiger partial charge is 0.494 e. The number of carboxylic acid groups (broad SMARTS) is 1. The van der Waals surface area contributed by atoms with E-state index in [1.807, 2.05) is 37.3 Å². The van der Waals surface area contributed by atoms with Crippen molar-refractivity contribution >= 4 is 39.7 Å². The number of benzene rings is 1. The molecule has 2 N–H and O–H groups in total. The van der Waals surface area contributed by atoms with Crippen LogP contribution >= 0.6 is 23.6 Å². The molecule has 0 unspecified atom stereocenters. The zero-order chi connectivity index (χ0) is 15.7. The van der Waals surface area contributed by atoms with Crippen LogP contribution in [0, 0.1) is 4.51 Å². The number of H-pyrrole nitrogens is 1. The zero-order valence-electron chi connectivity index (χ0n) is 11.8. The Morgan fingerprint density at radius 1 is 1.36 bits per heavy atom. The lowest BCUT2D eigenvalue weighted by Gasteiger charge is -2.06. The van der Waals surface area contributed by atoms with Crippen LogP contribution < -0.4 is 4.74 Å². The maximum absolute atomic E-state index is 11.3. The highest BCUT2D eigenvalue weighted by Gasteiger charge is 2.13. The molecule has 0 aliphatic rings. The Morgan fingerprint density at radius 2 is 2.09 bits per heavy atom. The fourth-order valence-corrected chi connectivity index (χ4v) is 3.51. The van der Waals surface area contributed by atoms with E-state index in [0.29, 0.717) is 16.6 Å². The number of carboxylic acids is 1. The van der Waals surface area contributed by atoms with Crippen molar-refractivity contribution in [1.29, 1.82) is 0 Å². The van der Waals surface area contributed by atoms with Crippen LogP contribution in [0.3, 0.4) is 0 Å². The molecule has 6 heteroatoms. The summed E-state index contributed by atoms with van der Waals surface area (Å²) in [5.41, 5.74) is 2.55. The van der Waals surface area contributed by atoms with E-state index in [1.54, 1.807) is 5.38 Å². The molecule has 1 aromatic carbocycles. The molecule has 22 heavy (non-hydrogen) atoms. The van der Waals surface area contributed by atoms with Gasteiger partial charge in [-0.15, -0.1) is 11.3 Å². The molecule has 0 spiro atoms. The molecule has 2 heterocycles. The van der Waals surface area contributed by atoms with Gasteiger partial charge >= 0.3 is 5.97 Å². The van der Waals surface area contributed by atoms with Crippen LogP contribution in [0.15, 0.2) is 35.7 Å². The fourth-order valence-electron chi connectivity index (χ4n) is 2.24.